The van der Waals surface area contributed by atoms with Crippen molar-refractivity contribution in [1.82, 2.24) is 4.98 Å². The number of carboxylic acids is 1. The fourth-order valence-electron chi connectivity index (χ4n) is 1.44. The molecule has 0 atom stereocenters. The molecule has 2 heterocycles. The number of aromatic nitrogens is 1. The third-order valence-electron chi connectivity index (χ3n) is 2.48. The van der Waals surface area contributed by atoms with Gasteiger partial charge >= 0.3 is 5.97 Å². The number of thiazole rings is 1. The highest BCUT2D eigenvalue weighted by atomic mass is 32.2. The second-order valence-electron chi connectivity index (χ2n) is 3.93. The summed E-state index contributed by atoms with van der Waals surface area (Å²) in [6, 6.07) is 2.26. The van der Waals surface area contributed by atoms with Crippen LogP contribution in [0.5, 0.6) is 0 Å². The molecule has 0 unspecified atom stereocenters. The molecule has 0 saturated heterocycles. The predicted molar refractivity (Wildman–Crippen MR) is 68.1 cm³/mol. The Morgan fingerprint density at radius 2 is 2.11 bits per heavy atom. The molecule has 2 rings (SSSR count). The van der Waals surface area contributed by atoms with Gasteiger partial charge in [0, 0.05) is 4.88 Å². The van der Waals surface area contributed by atoms with Crippen LogP contribution in [0, 0.1) is 13.8 Å². The van der Waals surface area contributed by atoms with Crippen LogP contribution in [-0.4, -0.2) is 24.5 Å². The van der Waals surface area contributed by atoms with E-state index in [2.05, 4.69) is 4.98 Å². The van der Waals surface area contributed by atoms with Gasteiger partial charge in [0.15, 0.2) is 0 Å². The van der Waals surface area contributed by atoms with Crippen molar-refractivity contribution in [2.24, 2.45) is 0 Å². The molecular weight excluding hydrogens is 290 g/mol. The van der Waals surface area contributed by atoms with Gasteiger partial charge in [0.25, 0.3) is 0 Å². The molecule has 0 saturated carbocycles. The first-order valence-electron chi connectivity index (χ1n) is 5.28. The summed E-state index contributed by atoms with van der Waals surface area (Å²) in [5.41, 5.74) is 0.792. The first-order valence-corrected chi connectivity index (χ1v) is 7.75. The van der Waals surface area contributed by atoms with E-state index in [4.69, 9.17) is 9.52 Å². The van der Waals surface area contributed by atoms with Gasteiger partial charge in [-0.15, -0.1) is 11.3 Å². The molecule has 19 heavy (non-hydrogen) atoms. The number of aryl methyl sites for hydroxylation is 2. The zero-order valence-electron chi connectivity index (χ0n) is 10.2. The van der Waals surface area contributed by atoms with E-state index in [9.17, 15) is 13.2 Å². The van der Waals surface area contributed by atoms with E-state index in [1.54, 1.807) is 6.92 Å². The van der Waals surface area contributed by atoms with E-state index in [0.29, 0.717) is 5.01 Å². The van der Waals surface area contributed by atoms with E-state index >= 15 is 0 Å². The Bertz CT molecular complexity index is 707. The lowest BCUT2D eigenvalue weighted by Gasteiger charge is -1.97. The van der Waals surface area contributed by atoms with Gasteiger partial charge in [-0.05, 0) is 26.0 Å². The summed E-state index contributed by atoms with van der Waals surface area (Å²) >= 11 is 1.30. The number of carboxylic acid groups (broad SMARTS) is 1. The van der Waals surface area contributed by atoms with Crippen LogP contribution < -0.4 is 0 Å². The molecule has 2 aromatic heterocycles. The number of furan rings is 1. The monoisotopic (exact) mass is 301 g/mol. The molecule has 6 nitrogen and oxygen atoms in total. The van der Waals surface area contributed by atoms with Crippen LogP contribution >= 0.6 is 11.3 Å². The van der Waals surface area contributed by atoms with Gasteiger partial charge in [0.2, 0.25) is 20.7 Å². The first kappa shape index (κ1) is 13.8. The normalized spacial score (nSPS) is 11.7. The summed E-state index contributed by atoms with van der Waals surface area (Å²) in [7, 11) is -3.71. The second-order valence-corrected chi connectivity index (χ2v) is 7.14. The molecule has 2 aromatic rings. The summed E-state index contributed by atoms with van der Waals surface area (Å²) in [6.45, 7) is 3.66. The van der Waals surface area contributed by atoms with E-state index < -0.39 is 21.6 Å². The topological polar surface area (TPSA) is 97.5 Å². The molecule has 0 bridgehead atoms. The Kier molecular flexibility index (Phi) is 3.46. The fraction of sp³-hybridized carbons (Fsp3) is 0.273. The van der Waals surface area contributed by atoms with Crippen LogP contribution in [-0.2, 0) is 15.6 Å². The molecule has 0 aliphatic heterocycles. The average molecular weight is 301 g/mol. The van der Waals surface area contributed by atoms with Gasteiger partial charge in [-0.25, -0.2) is 18.2 Å². The number of aromatic carboxylic acids is 1. The number of rotatable bonds is 4. The molecule has 8 heteroatoms. The molecular formula is C11H11NO5S2. The quantitative estimate of drug-likeness (QED) is 0.927. The van der Waals surface area contributed by atoms with Gasteiger partial charge < -0.3 is 9.52 Å². The Morgan fingerprint density at radius 3 is 2.58 bits per heavy atom. The first-order chi connectivity index (χ1) is 8.79. The largest absolute Gasteiger partial charge is 0.475 e. The van der Waals surface area contributed by atoms with E-state index in [-0.39, 0.29) is 10.8 Å². The van der Waals surface area contributed by atoms with Gasteiger partial charge in [0.05, 0.1) is 5.69 Å². The van der Waals surface area contributed by atoms with Crippen LogP contribution in [0.2, 0.25) is 0 Å². The van der Waals surface area contributed by atoms with Crippen molar-refractivity contribution in [1.29, 1.82) is 0 Å². The van der Waals surface area contributed by atoms with Crippen LogP contribution in [0.15, 0.2) is 21.6 Å². The summed E-state index contributed by atoms with van der Waals surface area (Å²) in [5.74, 6) is -1.99. The van der Waals surface area contributed by atoms with Gasteiger partial charge in [0.1, 0.15) is 10.8 Å². The van der Waals surface area contributed by atoms with Gasteiger partial charge in [-0.3, -0.25) is 0 Å². The van der Waals surface area contributed by atoms with Crippen LogP contribution in [0.4, 0.5) is 0 Å². The molecule has 1 N–H and O–H groups in total. The molecule has 102 valence electrons. The summed E-state index contributed by atoms with van der Waals surface area (Å²) in [4.78, 5) is 15.7. The van der Waals surface area contributed by atoms with Crippen molar-refractivity contribution in [2.75, 3.05) is 0 Å². The number of hydrogen-bond acceptors (Lipinski definition) is 6. The molecule has 0 fully saturated rings. The van der Waals surface area contributed by atoms with Crippen molar-refractivity contribution >= 4 is 27.1 Å². The minimum Gasteiger partial charge on any atom is -0.475 e. The van der Waals surface area contributed by atoms with Gasteiger partial charge in [-0.1, -0.05) is 0 Å². The predicted octanol–water partition coefficient (Wildman–Crippen LogP) is 2.03. The molecule has 0 spiro atoms. The zero-order valence-corrected chi connectivity index (χ0v) is 11.8. The van der Waals surface area contributed by atoms with Crippen molar-refractivity contribution in [3.05, 3.63) is 33.5 Å². The molecule has 0 radical (unpaired) electrons. The summed E-state index contributed by atoms with van der Waals surface area (Å²) in [6.07, 6.45) is 0. The molecule has 0 aromatic carbocycles. The highest BCUT2D eigenvalue weighted by Gasteiger charge is 2.23. The Labute approximate surface area is 113 Å². The standard InChI is InChI=1S/C11H11NO5S2/c1-6-7(2)18-9(12-6)5-19(15,16)10-4-3-8(17-10)11(13)14/h3-4H,5H2,1-2H3,(H,13,14). The number of nitrogens with zero attached hydrogens (tertiary/aromatic N) is 1. The van der Waals surface area contributed by atoms with Crippen molar-refractivity contribution < 1.29 is 22.7 Å². The number of hydrogen-bond donors (Lipinski definition) is 1. The van der Waals surface area contributed by atoms with Crippen molar-refractivity contribution in [3.63, 3.8) is 0 Å². The molecule has 0 aliphatic rings. The lowest BCUT2D eigenvalue weighted by atomic mass is 10.4. The zero-order chi connectivity index (χ0) is 14.2. The second kappa shape index (κ2) is 4.78. The third kappa shape index (κ3) is 2.85. The number of sulfone groups is 1. The molecule has 0 aliphatic carbocycles. The maximum atomic E-state index is 12.0. The fourth-order valence-corrected chi connectivity index (χ4v) is 3.89. The average Bonchev–Trinajstić information content (AvgIpc) is 2.86. The van der Waals surface area contributed by atoms with E-state index in [1.165, 1.54) is 11.3 Å². The summed E-state index contributed by atoms with van der Waals surface area (Å²) < 4.78 is 28.9. The Hall–Kier alpha value is -1.67. The van der Waals surface area contributed by atoms with Crippen molar-refractivity contribution in [2.45, 2.75) is 24.7 Å². The Balaban J connectivity index is 2.29. The van der Waals surface area contributed by atoms with Crippen LogP contribution in [0.1, 0.15) is 26.1 Å². The smallest absolute Gasteiger partial charge is 0.371 e. The lowest BCUT2D eigenvalue weighted by Crippen LogP contribution is -2.03. The highest BCUT2D eigenvalue weighted by Crippen LogP contribution is 2.23. The van der Waals surface area contributed by atoms with Gasteiger partial charge in [-0.2, -0.15) is 0 Å². The van der Waals surface area contributed by atoms with Crippen molar-refractivity contribution in [3.8, 4) is 0 Å². The minimum atomic E-state index is -3.71. The summed E-state index contributed by atoms with van der Waals surface area (Å²) in [5, 5.41) is 8.80. The highest BCUT2D eigenvalue weighted by molar-refractivity contribution is 7.90. The molecule has 0 amide bonds. The SMILES string of the molecule is Cc1nc(CS(=O)(=O)c2ccc(C(=O)O)o2)sc1C. The van der Waals surface area contributed by atoms with E-state index in [1.807, 2.05) is 6.92 Å². The Morgan fingerprint density at radius 1 is 1.42 bits per heavy atom. The number of carbonyl (C=O) groups is 1. The maximum Gasteiger partial charge on any atom is 0.371 e. The maximum absolute atomic E-state index is 12.0. The lowest BCUT2D eigenvalue weighted by molar-refractivity contribution is 0.0656. The van der Waals surface area contributed by atoms with Crippen LogP contribution in [0.25, 0.3) is 0 Å². The minimum absolute atomic E-state index is 0.293. The third-order valence-corrected chi connectivity index (χ3v) is 5.23. The van der Waals surface area contributed by atoms with Crippen LogP contribution in [0.3, 0.4) is 0 Å². The van der Waals surface area contributed by atoms with E-state index in [0.717, 1.165) is 22.7 Å².